The Morgan fingerprint density at radius 3 is 2.64 bits per heavy atom. The number of aryl methyl sites for hydroxylation is 1. The molecule has 0 saturated heterocycles. The number of phenolic OH excluding ortho intramolecular Hbond substituents is 2. The van der Waals surface area contributed by atoms with E-state index in [1.165, 1.54) is 22.9 Å². The number of aromatic nitrogens is 2. The average Bonchev–Trinajstić information content (AvgIpc) is 2.81. The predicted octanol–water partition coefficient (Wildman–Crippen LogP) is 3.35. The molecule has 0 bridgehead atoms. The van der Waals surface area contributed by atoms with Crippen LogP contribution < -0.4 is 11.0 Å². The molecule has 3 N–H and O–H groups in total. The normalized spacial score (nSPS) is 11.2. The lowest BCUT2D eigenvalue weighted by molar-refractivity contribution is -0.118. The third kappa shape index (κ3) is 4.88. The van der Waals surface area contributed by atoms with Gasteiger partial charge >= 0.3 is 0 Å². The molecule has 0 atom stereocenters. The topological polar surface area (TPSA) is 117 Å². The molecule has 166 valence electrons. The van der Waals surface area contributed by atoms with E-state index in [0.717, 1.165) is 17.3 Å². The van der Waals surface area contributed by atoms with Gasteiger partial charge in [-0.2, -0.15) is 5.10 Å². The number of rotatable bonds is 6. The number of nitrogens with one attached hydrogen (secondary N) is 1. The highest BCUT2D eigenvalue weighted by atomic mass is 32.2. The van der Waals surface area contributed by atoms with E-state index < -0.39 is 5.91 Å². The van der Waals surface area contributed by atoms with Crippen LogP contribution >= 0.6 is 11.8 Å². The van der Waals surface area contributed by atoms with Crippen LogP contribution in [0.2, 0.25) is 0 Å². The molecule has 0 radical (unpaired) electrons. The Kier molecular flexibility index (Phi) is 6.41. The zero-order valence-electron chi connectivity index (χ0n) is 17.6. The van der Waals surface area contributed by atoms with Crippen molar-refractivity contribution < 1.29 is 15.0 Å². The van der Waals surface area contributed by atoms with Crippen LogP contribution in [0.1, 0.15) is 11.1 Å². The van der Waals surface area contributed by atoms with Crippen LogP contribution in [0, 0.1) is 6.92 Å². The molecule has 0 saturated carbocycles. The number of hydrogen-bond acceptors (Lipinski definition) is 7. The van der Waals surface area contributed by atoms with Crippen molar-refractivity contribution in [3.63, 3.8) is 0 Å². The van der Waals surface area contributed by atoms with Crippen LogP contribution in [0.15, 0.2) is 81.8 Å². The minimum absolute atomic E-state index is 0.0190. The van der Waals surface area contributed by atoms with Gasteiger partial charge in [0.05, 0.1) is 28.6 Å². The molecule has 0 aliphatic carbocycles. The van der Waals surface area contributed by atoms with E-state index in [2.05, 4.69) is 15.5 Å². The lowest BCUT2D eigenvalue weighted by Gasteiger charge is -2.14. The van der Waals surface area contributed by atoms with E-state index in [4.69, 9.17) is 0 Å². The number of hydrogen-bond donors (Lipinski definition) is 3. The molecule has 0 spiro atoms. The van der Waals surface area contributed by atoms with Crippen molar-refractivity contribution in [1.29, 1.82) is 0 Å². The quantitative estimate of drug-likeness (QED) is 0.134. The van der Waals surface area contributed by atoms with Crippen molar-refractivity contribution in [2.24, 2.45) is 5.10 Å². The van der Waals surface area contributed by atoms with Crippen LogP contribution in [0.3, 0.4) is 0 Å². The summed E-state index contributed by atoms with van der Waals surface area (Å²) in [5.41, 5.74) is 4.87. The van der Waals surface area contributed by atoms with Crippen molar-refractivity contribution >= 4 is 34.8 Å². The highest BCUT2D eigenvalue weighted by Crippen LogP contribution is 2.24. The van der Waals surface area contributed by atoms with Gasteiger partial charge in [0.2, 0.25) is 0 Å². The highest BCUT2D eigenvalue weighted by molar-refractivity contribution is 7.99. The first kappa shape index (κ1) is 22.1. The van der Waals surface area contributed by atoms with E-state index in [0.29, 0.717) is 27.3 Å². The molecule has 4 aromatic rings. The third-order valence-corrected chi connectivity index (χ3v) is 5.77. The summed E-state index contributed by atoms with van der Waals surface area (Å²) in [6, 6.07) is 18.8. The van der Waals surface area contributed by atoms with Crippen molar-refractivity contribution in [2.45, 2.75) is 12.1 Å². The van der Waals surface area contributed by atoms with Gasteiger partial charge in [-0.3, -0.25) is 14.2 Å². The first-order valence-corrected chi connectivity index (χ1v) is 11.0. The molecule has 1 aromatic heterocycles. The van der Waals surface area contributed by atoms with E-state index >= 15 is 0 Å². The molecular formula is C24H20N4O4S. The smallest absolute Gasteiger partial charge is 0.266 e. The number of aromatic hydroxyl groups is 2. The van der Waals surface area contributed by atoms with E-state index in [1.54, 1.807) is 24.3 Å². The van der Waals surface area contributed by atoms with E-state index in [9.17, 15) is 19.8 Å². The highest BCUT2D eigenvalue weighted by Gasteiger charge is 2.15. The Morgan fingerprint density at radius 1 is 1.09 bits per heavy atom. The molecule has 0 fully saturated rings. The minimum atomic E-state index is -0.391. The fourth-order valence-corrected chi connectivity index (χ4v) is 4.00. The van der Waals surface area contributed by atoms with Crippen molar-refractivity contribution in [2.75, 3.05) is 5.75 Å². The van der Waals surface area contributed by atoms with Gasteiger partial charge in [-0.1, -0.05) is 42.1 Å². The third-order valence-electron chi connectivity index (χ3n) is 4.84. The average molecular weight is 461 g/mol. The molecule has 8 nitrogen and oxygen atoms in total. The lowest BCUT2D eigenvalue weighted by Crippen LogP contribution is -2.24. The first-order chi connectivity index (χ1) is 15.9. The van der Waals surface area contributed by atoms with Gasteiger partial charge in [0, 0.05) is 0 Å². The summed E-state index contributed by atoms with van der Waals surface area (Å²) in [6.45, 7) is 1.91. The molecule has 33 heavy (non-hydrogen) atoms. The Labute approximate surface area is 193 Å². The summed E-state index contributed by atoms with van der Waals surface area (Å²) in [5, 5.41) is 23.6. The number of carbonyl (C=O) groups excluding carboxylic acids is 1. The Bertz CT molecular complexity index is 1430. The summed E-state index contributed by atoms with van der Waals surface area (Å²) in [6.07, 6.45) is 1.35. The summed E-state index contributed by atoms with van der Waals surface area (Å²) in [7, 11) is 0. The number of nitrogens with zero attached hydrogens (tertiary/aromatic N) is 3. The van der Waals surface area contributed by atoms with Crippen molar-refractivity contribution in [3.05, 3.63) is 88.2 Å². The minimum Gasteiger partial charge on any atom is -0.504 e. The number of phenols is 2. The zero-order valence-corrected chi connectivity index (χ0v) is 18.4. The predicted molar refractivity (Wildman–Crippen MR) is 128 cm³/mol. The number of thioether (sulfide) groups is 1. The largest absolute Gasteiger partial charge is 0.504 e. The summed E-state index contributed by atoms with van der Waals surface area (Å²) in [4.78, 5) is 30.2. The van der Waals surface area contributed by atoms with Gasteiger partial charge in [0.25, 0.3) is 11.5 Å². The SMILES string of the molecule is Cc1ccccc1-n1c(SCC(=O)N/N=C/c2ccc(O)c(O)c2)nc2ccccc2c1=O. The summed E-state index contributed by atoms with van der Waals surface area (Å²) in [5.74, 6) is -0.931. The van der Waals surface area contributed by atoms with E-state index in [-0.39, 0.29) is 22.8 Å². The molecule has 3 aromatic carbocycles. The maximum atomic E-state index is 13.3. The number of para-hydroxylation sites is 2. The second-order valence-electron chi connectivity index (χ2n) is 7.17. The zero-order chi connectivity index (χ0) is 23.4. The van der Waals surface area contributed by atoms with Crippen LogP contribution in [0.5, 0.6) is 11.5 Å². The van der Waals surface area contributed by atoms with Gasteiger partial charge in [-0.25, -0.2) is 10.4 Å². The van der Waals surface area contributed by atoms with Crippen molar-refractivity contribution in [3.8, 4) is 17.2 Å². The molecular weight excluding hydrogens is 440 g/mol. The standard InChI is InChI=1S/C24H20N4O4S/c1-15-6-2-5-9-19(15)28-23(32)17-7-3-4-8-18(17)26-24(28)33-14-22(31)27-25-13-16-10-11-20(29)21(30)12-16/h2-13,29-30H,14H2,1H3,(H,27,31)/b25-13+. The van der Waals surface area contributed by atoms with Crippen molar-refractivity contribution in [1.82, 2.24) is 15.0 Å². The maximum absolute atomic E-state index is 13.3. The number of fused-ring (bicyclic) bond motifs is 1. The molecule has 0 aliphatic heterocycles. The molecule has 1 heterocycles. The summed E-state index contributed by atoms with van der Waals surface area (Å²) >= 11 is 1.13. The second kappa shape index (κ2) is 9.58. The number of carbonyl (C=O) groups is 1. The fourth-order valence-electron chi connectivity index (χ4n) is 3.20. The van der Waals surface area contributed by atoms with Gasteiger partial charge in [0.15, 0.2) is 16.7 Å². The molecule has 9 heteroatoms. The molecule has 4 rings (SSSR count). The number of amides is 1. The Hall–Kier alpha value is -4.11. The molecule has 0 aliphatic rings. The maximum Gasteiger partial charge on any atom is 0.266 e. The fraction of sp³-hybridized carbons (Fsp3) is 0.0833. The van der Waals surface area contributed by atoms with Gasteiger partial charge < -0.3 is 10.2 Å². The summed E-state index contributed by atoms with van der Waals surface area (Å²) < 4.78 is 1.53. The molecule has 1 amide bonds. The first-order valence-electron chi connectivity index (χ1n) is 9.98. The van der Waals surface area contributed by atoms with Gasteiger partial charge in [-0.05, 0) is 54.4 Å². The van der Waals surface area contributed by atoms with Gasteiger partial charge in [-0.15, -0.1) is 0 Å². The van der Waals surface area contributed by atoms with E-state index in [1.807, 2.05) is 37.3 Å². The van der Waals surface area contributed by atoms with Crippen LogP contribution in [0.25, 0.3) is 16.6 Å². The Balaban J connectivity index is 1.56. The van der Waals surface area contributed by atoms with Crippen LogP contribution in [0.4, 0.5) is 0 Å². The van der Waals surface area contributed by atoms with Crippen LogP contribution in [-0.2, 0) is 4.79 Å². The van der Waals surface area contributed by atoms with Crippen LogP contribution in [-0.4, -0.2) is 37.6 Å². The number of benzene rings is 3. The monoisotopic (exact) mass is 460 g/mol. The molecule has 0 unspecified atom stereocenters. The Morgan fingerprint density at radius 2 is 1.85 bits per heavy atom. The number of hydrazone groups is 1. The second-order valence-corrected chi connectivity index (χ2v) is 8.11. The lowest BCUT2D eigenvalue weighted by atomic mass is 10.2. The van der Waals surface area contributed by atoms with Gasteiger partial charge in [0.1, 0.15) is 0 Å².